The molecule has 162 valence electrons. The van der Waals surface area contributed by atoms with Crippen LogP contribution in [-0.4, -0.2) is 39.3 Å². The minimum Gasteiger partial charge on any atom is -0.497 e. The smallest absolute Gasteiger partial charge is 0.251 e. The Kier molecular flexibility index (Phi) is 8.23. The van der Waals surface area contributed by atoms with E-state index in [1.165, 1.54) is 11.8 Å². The molecule has 8 heteroatoms. The molecule has 0 unspecified atom stereocenters. The number of carbonyl (C=O) groups excluding carboxylic acids is 2. The molecule has 0 aliphatic rings. The Hall–Kier alpha value is -3.13. The van der Waals surface area contributed by atoms with Gasteiger partial charge < -0.3 is 14.6 Å². The summed E-state index contributed by atoms with van der Waals surface area (Å²) in [5, 5.41) is 12.1. The van der Waals surface area contributed by atoms with Crippen LogP contribution in [0.5, 0.6) is 5.75 Å². The van der Waals surface area contributed by atoms with Gasteiger partial charge in [0.25, 0.3) is 5.91 Å². The summed E-state index contributed by atoms with van der Waals surface area (Å²) in [5.74, 6) is 1.51. The van der Waals surface area contributed by atoms with Crippen molar-refractivity contribution < 1.29 is 14.3 Å². The van der Waals surface area contributed by atoms with E-state index < -0.39 is 0 Å². The monoisotopic (exact) mass is 438 g/mol. The van der Waals surface area contributed by atoms with Crippen molar-refractivity contribution in [3.63, 3.8) is 0 Å². The first-order valence-electron chi connectivity index (χ1n) is 10.2. The van der Waals surface area contributed by atoms with E-state index >= 15 is 0 Å². The van der Waals surface area contributed by atoms with E-state index in [0.717, 1.165) is 19.4 Å². The molecule has 1 heterocycles. The predicted octanol–water partition coefficient (Wildman–Crippen LogP) is 3.99. The van der Waals surface area contributed by atoms with Gasteiger partial charge in [0, 0.05) is 17.7 Å². The standard InChI is InChI=1S/C23H26N4O3S/c1-3-4-14-27-21(15-24-22(29)18-10-12-19(30-2)13-11-18)25-26-23(27)31-16-20(28)17-8-6-5-7-9-17/h5-13H,3-4,14-16H2,1-2H3,(H,24,29). The Bertz CT molecular complexity index is 1000. The minimum atomic E-state index is -0.193. The van der Waals surface area contributed by atoms with Gasteiger partial charge in [0.2, 0.25) is 0 Å². The number of Topliss-reactive ketones (excluding diaryl/α,β-unsaturated/α-hetero) is 1. The largest absolute Gasteiger partial charge is 0.497 e. The van der Waals surface area contributed by atoms with Crippen LogP contribution >= 0.6 is 11.8 Å². The number of amides is 1. The van der Waals surface area contributed by atoms with Gasteiger partial charge in [0.15, 0.2) is 16.8 Å². The molecule has 0 spiro atoms. The topological polar surface area (TPSA) is 86.1 Å². The van der Waals surface area contributed by atoms with Gasteiger partial charge in [-0.1, -0.05) is 55.4 Å². The number of hydrogen-bond donors (Lipinski definition) is 1. The molecule has 0 fully saturated rings. The van der Waals surface area contributed by atoms with Gasteiger partial charge in [-0.15, -0.1) is 10.2 Å². The average Bonchev–Trinajstić information content (AvgIpc) is 3.21. The second-order valence-corrected chi connectivity index (χ2v) is 7.84. The number of thioether (sulfide) groups is 1. The minimum absolute atomic E-state index is 0.0463. The lowest BCUT2D eigenvalue weighted by Gasteiger charge is -2.10. The van der Waals surface area contributed by atoms with Gasteiger partial charge in [-0.05, 0) is 30.7 Å². The molecule has 0 aliphatic heterocycles. The van der Waals surface area contributed by atoms with Gasteiger partial charge in [-0.2, -0.15) is 0 Å². The summed E-state index contributed by atoms with van der Waals surface area (Å²) >= 11 is 1.37. The molecule has 0 atom stereocenters. The average molecular weight is 439 g/mol. The molecule has 0 bridgehead atoms. The van der Waals surface area contributed by atoms with Gasteiger partial charge in [-0.3, -0.25) is 9.59 Å². The Morgan fingerprint density at radius 2 is 1.77 bits per heavy atom. The first-order chi connectivity index (χ1) is 15.1. The number of ketones is 1. The number of hydrogen-bond acceptors (Lipinski definition) is 6. The summed E-state index contributed by atoms with van der Waals surface area (Å²) in [6.07, 6.45) is 1.97. The lowest BCUT2D eigenvalue weighted by molar-refractivity contribution is 0.0948. The molecule has 0 radical (unpaired) electrons. The number of aromatic nitrogens is 3. The van der Waals surface area contributed by atoms with Crippen molar-refractivity contribution in [2.24, 2.45) is 0 Å². The lowest BCUT2D eigenvalue weighted by atomic mass is 10.2. The third-order valence-electron chi connectivity index (χ3n) is 4.72. The van der Waals surface area contributed by atoms with Crippen molar-refractivity contribution in [3.05, 3.63) is 71.5 Å². The van der Waals surface area contributed by atoms with E-state index in [0.29, 0.717) is 27.9 Å². The Labute approximate surface area is 186 Å². The quantitative estimate of drug-likeness (QED) is 0.360. The van der Waals surface area contributed by atoms with E-state index in [4.69, 9.17) is 4.74 Å². The number of nitrogens with zero attached hydrogens (tertiary/aromatic N) is 3. The summed E-state index contributed by atoms with van der Waals surface area (Å²) in [6, 6.07) is 16.1. The van der Waals surface area contributed by atoms with E-state index in [1.54, 1.807) is 31.4 Å². The Balaban J connectivity index is 1.65. The molecule has 7 nitrogen and oxygen atoms in total. The number of nitrogens with one attached hydrogen (secondary N) is 1. The molecule has 2 aromatic carbocycles. The highest BCUT2D eigenvalue weighted by molar-refractivity contribution is 7.99. The van der Waals surface area contributed by atoms with E-state index in [1.807, 2.05) is 34.9 Å². The highest BCUT2D eigenvalue weighted by Crippen LogP contribution is 2.20. The van der Waals surface area contributed by atoms with Crippen molar-refractivity contribution in [1.82, 2.24) is 20.1 Å². The fourth-order valence-electron chi connectivity index (χ4n) is 2.94. The number of benzene rings is 2. The number of unbranched alkanes of at least 4 members (excludes halogenated alkanes) is 1. The Morgan fingerprint density at radius 1 is 1.03 bits per heavy atom. The maximum Gasteiger partial charge on any atom is 0.251 e. The first-order valence-corrected chi connectivity index (χ1v) is 11.2. The molecule has 0 saturated carbocycles. The van der Waals surface area contributed by atoms with Gasteiger partial charge >= 0.3 is 0 Å². The summed E-state index contributed by atoms with van der Waals surface area (Å²) in [4.78, 5) is 24.9. The third-order valence-corrected chi connectivity index (χ3v) is 5.68. The summed E-state index contributed by atoms with van der Waals surface area (Å²) in [7, 11) is 1.58. The van der Waals surface area contributed by atoms with Crippen LogP contribution in [0.4, 0.5) is 0 Å². The number of carbonyl (C=O) groups is 2. The highest BCUT2D eigenvalue weighted by Gasteiger charge is 2.16. The molecule has 31 heavy (non-hydrogen) atoms. The first kappa shape index (κ1) is 22.6. The Morgan fingerprint density at radius 3 is 2.45 bits per heavy atom. The fourth-order valence-corrected chi connectivity index (χ4v) is 3.82. The lowest BCUT2D eigenvalue weighted by Crippen LogP contribution is -2.25. The molecule has 3 rings (SSSR count). The van der Waals surface area contributed by atoms with Crippen molar-refractivity contribution in [2.75, 3.05) is 12.9 Å². The van der Waals surface area contributed by atoms with E-state index in [-0.39, 0.29) is 24.0 Å². The van der Waals surface area contributed by atoms with Crippen molar-refractivity contribution in [3.8, 4) is 5.75 Å². The van der Waals surface area contributed by atoms with Gasteiger partial charge in [-0.25, -0.2) is 0 Å². The summed E-state index contributed by atoms with van der Waals surface area (Å²) < 4.78 is 7.11. The third kappa shape index (κ3) is 6.18. The zero-order valence-electron chi connectivity index (χ0n) is 17.7. The number of ether oxygens (including phenoxy) is 1. The molecule has 1 N–H and O–H groups in total. The van der Waals surface area contributed by atoms with Crippen molar-refractivity contribution in [2.45, 2.75) is 38.0 Å². The van der Waals surface area contributed by atoms with Crippen LogP contribution in [0.15, 0.2) is 59.8 Å². The van der Waals surface area contributed by atoms with Crippen LogP contribution in [0.2, 0.25) is 0 Å². The molecule has 1 amide bonds. The number of methoxy groups -OCH3 is 1. The second-order valence-electron chi connectivity index (χ2n) is 6.89. The van der Waals surface area contributed by atoms with Crippen LogP contribution in [-0.2, 0) is 13.1 Å². The van der Waals surface area contributed by atoms with Crippen LogP contribution in [0.3, 0.4) is 0 Å². The summed E-state index contributed by atoms with van der Waals surface area (Å²) in [5.41, 5.74) is 1.23. The molecule has 3 aromatic rings. The van der Waals surface area contributed by atoms with E-state index in [9.17, 15) is 9.59 Å². The molecule has 0 aliphatic carbocycles. The highest BCUT2D eigenvalue weighted by atomic mass is 32.2. The zero-order chi connectivity index (χ0) is 22.1. The number of rotatable bonds is 11. The van der Waals surface area contributed by atoms with Crippen molar-refractivity contribution >= 4 is 23.5 Å². The maximum atomic E-state index is 12.5. The van der Waals surface area contributed by atoms with E-state index in [2.05, 4.69) is 22.4 Å². The normalized spacial score (nSPS) is 10.6. The molecular weight excluding hydrogens is 412 g/mol. The summed E-state index contributed by atoms with van der Waals surface area (Å²) in [6.45, 7) is 3.11. The predicted molar refractivity (Wildman–Crippen MR) is 121 cm³/mol. The zero-order valence-corrected chi connectivity index (χ0v) is 18.5. The van der Waals surface area contributed by atoms with Crippen LogP contribution in [0.25, 0.3) is 0 Å². The van der Waals surface area contributed by atoms with Crippen LogP contribution in [0, 0.1) is 0 Å². The van der Waals surface area contributed by atoms with Crippen molar-refractivity contribution in [1.29, 1.82) is 0 Å². The van der Waals surface area contributed by atoms with Gasteiger partial charge in [0.1, 0.15) is 5.75 Å². The molecular formula is C23H26N4O3S. The SMILES string of the molecule is CCCCn1c(CNC(=O)c2ccc(OC)cc2)nnc1SCC(=O)c1ccccc1. The van der Waals surface area contributed by atoms with Crippen LogP contribution in [0.1, 0.15) is 46.3 Å². The van der Waals surface area contributed by atoms with Crippen LogP contribution < -0.4 is 10.1 Å². The molecule has 1 aromatic heterocycles. The molecule has 0 saturated heterocycles. The van der Waals surface area contributed by atoms with Gasteiger partial charge in [0.05, 0.1) is 19.4 Å². The second kappa shape index (κ2) is 11.3. The maximum absolute atomic E-state index is 12.5. The fraction of sp³-hybridized carbons (Fsp3) is 0.304.